The molecule has 0 amide bonds. The molecule has 0 spiro atoms. The summed E-state index contributed by atoms with van der Waals surface area (Å²) in [5, 5.41) is 7.26. The third-order valence-electron chi connectivity index (χ3n) is 3.35. The van der Waals surface area contributed by atoms with Crippen LogP contribution < -0.4 is 10.6 Å². The predicted octanol–water partition coefficient (Wildman–Crippen LogP) is 1.38. The van der Waals surface area contributed by atoms with Gasteiger partial charge in [0.1, 0.15) is 0 Å². The maximum absolute atomic E-state index is 4.27. The van der Waals surface area contributed by atoms with Crippen molar-refractivity contribution in [2.75, 3.05) is 12.3 Å². The SMILES string of the molecule is SCCC1CNC(C2CCCC2)N1. The van der Waals surface area contributed by atoms with Gasteiger partial charge in [0.05, 0.1) is 6.17 Å². The zero-order valence-corrected chi connectivity index (χ0v) is 9.02. The Balaban J connectivity index is 1.76. The van der Waals surface area contributed by atoms with Gasteiger partial charge in [0.25, 0.3) is 0 Å². The normalized spacial score (nSPS) is 35.8. The van der Waals surface area contributed by atoms with Gasteiger partial charge in [0.15, 0.2) is 0 Å². The molecule has 1 aliphatic carbocycles. The molecule has 0 aromatic heterocycles. The first-order valence-corrected chi connectivity index (χ1v) is 6.13. The minimum absolute atomic E-state index is 0.604. The van der Waals surface area contributed by atoms with Gasteiger partial charge in [-0.25, -0.2) is 0 Å². The van der Waals surface area contributed by atoms with Gasteiger partial charge in [-0.15, -0.1) is 0 Å². The summed E-state index contributed by atoms with van der Waals surface area (Å²) in [6, 6.07) is 0.670. The molecule has 0 aromatic carbocycles. The van der Waals surface area contributed by atoms with Crippen LogP contribution in [0.15, 0.2) is 0 Å². The van der Waals surface area contributed by atoms with E-state index < -0.39 is 0 Å². The van der Waals surface area contributed by atoms with Gasteiger partial charge in [-0.3, -0.25) is 5.32 Å². The van der Waals surface area contributed by atoms with Gasteiger partial charge in [-0.05, 0) is 30.9 Å². The van der Waals surface area contributed by atoms with Gasteiger partial charge < -0.3 is 5.32 Å². The molecule has 2 atom stereocenters. The fourth-order valence-corrected chi connectivity index (χ4v) is 2.89. The average molecular weight is 200 g/mol. The first-order chi connectivity index (χ1) is 6.40. The topological polar surface area (TPSA) is 24.1 Å². The fourth-order valence-electron chi connectivity index (χ4n) is 2.58. The highest BCUT2D eigenvalue weighted by Gasteiger charge is 2.30. The van der Waals surface area contributed by atoms with Gasteiger partial charge in [0.2, 0.25) is 0 Å². The lowest BCUT2D eigenvalue weighted by Gasteiger charge is -2.19. The third kappa shape index (κ3) is 2.39. The zero-order valence-electron chi connectivity index (χ0n) is 8.13. The van der Waals surface area contributed by atoms with Crippen LogP contribution in [0.1, 0.15) is 32.1 Å². The second-order valence-electron chi connectivity index (χ2n) is 4.31. The van der Waals surface area contributed by atoms with E-state index in [0.29, 0.717) is 12.2 Å². The van der Waals surface area contributed by atoms with Crippen molar-refractivity contribution in [3.63, 3.8) is 0 Å². The summed E-state index contributed by atoms with van der Waals surface area (Å²) < 4.78 is 0. The Labute approximate surface area is 86.3 Å². The summed E-state index contributed by atoms with van der Waals surface area (Å²) in [6.07, 6.45) is 7.49. The molecule has 2 aliphatic rings. The van der Waals surface area contributed by atoms with Crippen LogP contribution >= 0.6 is 12.6 Å². The van der Waals surface area contributed by atoms with Gasteiger partial charge in [-0.2, -0.15) is 12.6 Å². The van der Waals surface area contributed by atoms with Gasteiger partial charge >= 0.3 is 0 Å². The average Bonchev–Trinajstić information content (AvgIpc) is 2.70. The predicted molar refractivity (Wildman–Crippen MR) is 59.1 cm³/mol. The Hall–Kier alpha value is 0.270. The zero-order chi connectivity index (χ0) is 9.10. The van der Waals surface area contributed by atoms with E-state index in [-0.39, 0.29) is 0 Å². The molecule has 2 fully saturated rings. The summed E-state index contributed by atoms with van der Waals surface area (Å²) in [4.78, 5) is 0. The van der Waals surface area contributed by atoms with Crippen LogP contribution in [0.4, 0.5) is 0 Å². The summed E-state index contributed by atoms with van der Waals surface area (Å²) in [5.41, 5.74) is 0. The van der Waals surface area contributed by atoms with E-state index >= 15 is 0 Å². The second kappa shape index (κ2) is 4.67. The molecule has 0 aromatic rings. The van der Waals surface area contributed by atoms with Crippen molar-refractivity contribution >= 4 is 12.6 Å². The highest BCUT2D eigenvalue weighted by atomic mass is 32.1. The number of nitrogens with one attached hydrogen (secondary N) is 2. The van der Waals surface area contributed by atoms with Crippen molar-refractivity contribution in [1.82, 2.24) is 10.6 Å². The molecule has 0 radical (unpaired) electrons. The molecule has 0 bridgehead atoms. The highest BCUT2D eigenvalue weighted by Crippen LogP contribution is 2.28. The Morgan fingerprint density at radius 1 is 1.23 bits per heavy atom. The van der Waals surface area contributed by atoms with Crippen LogP contribution in [0.3, 0.4) is 0 Å². The van der Waals surface area contributed by atoms with Crippen LogP contribution in [-0.2, 0) is 0 Å². The Kier molecular flexibility index (Phi) is 3.52. The monoisotopic (exact) mass is 200 g/mol. The molecule has 2 rings (SSSR count). The number of thiol groups is 1. The summed E-state index contributed by atoms with van der Waals surface area (Å²) >= 11 is 4.27. The lowest BCUT2D eigenvalue weighted by molar-refractivity contribution is 0.358. The molecule has 3 heteroatoms. The van der Waals surface area contributed by atoms with E-state index in [1.807, 2.05) is 0 Å². The minimum atomic E-state index is 0.604. The third-order valence-corrected chi connectivity index (χ3v) is 3.61. The largest absolute Gasteiger partial charge is 0.300 e. The molecule has 13 heavy (non-hydrogen) atoms. The molecule has 2 nitrogen and oxygen atoms in total. The van der Waals surface area contributed by atoms with Crippen molar-refractivity contribution in [2.24, 2.45) is 5.92 Å². The van der Waals surface area contributed by atoms with E-state index in [1.165, 1.54) is 32.1 Å². The Morgan fingerprint density at radius 2 is 2.00 bits per heavy atom. The molecule has 1 heterocycles. The molecular weight excluding hydrogens is 180 g/mol. The Morgan fingerprint density at radius 3 is 2.69 bits per heavy atom. The van der Waals surface area contributed by atoms with Crippen LogP contribution in [0.25, 0.3) is 0 Å². The summed E-state index contributed by atoms with van der Waals surface area (Å²) in [5.74, 6) is 1.89. The summed E-state index contributed by atoms with van der Waals surface area (Å²) in [6.45, 7) is 1.14. The quantitative estimate of drug-likeness (QED) is 0.600. The van der Waals surface area contributed by atoms with E-state index in [9.17, 15) is 0 Å². The molecule has 1 aliphatic heterocycles. The van der Waals surface area contributed by atoms with Gasteiger partial charge in [0, 0.05) is 12.6 Å². The lowest BCUT2D eigenvalue weighted by atomic mass is 10.1. The van der Waals surface area contributed by atoms with Crippen molar-refractivity contribution in [3.8, 4) is 0 Å². The first-order valence-electron chi connectivity index (χ1n) is 5.50. The van der Waals surface area contributed by atoms with E-state index in [4.69, 9.17) is 0 Å². The maximum Gasteiger partial charge on any atom is 0.0603 e. The van der Waals surface area contributed by atoms with E-state index in [0.717, 1.165) is 18.2 Å². The minimum Gasteiger partial charge on any atom is -0.300 e. The molecule has 1 saturated heterocycles. The van der Waals surface area contributed by atoms with Crippen LogP contribution in [0.2, 0.25) is 0 Å². The smallest absolute Gasteiger partial charge is 0.0603 e. The van der Waals surface area contributed by atoms with Crippen LogP contribution in [0, 0.1) is 5.92 Å². The van der Waals surface area contributed by atoms with E-state index in [2.05, 4.69) is 23.3 Å². The van der Waals surface area contributed by atoms with Crippen molar-refractivity contribution in [2.45, 2.75) is 44.3 Å². The number of hydrogen-bond donors (Lipinski definition) is 3. The summed E-state index contributed by atoms with van der Waals surface area (Å²) in [7, 11) is 0. The van der Waals surface area contributed by atoms with Crippen LogP contribution in [0.5, 0.6) is 0 Å². The Bertz CT molecular complexity index is 157. The van der Waals surface area contributed by atoms with Crippen molar-refractivity contribution in [1.29, 1.82) is 0 Å². The maximum atomic E-state index is 4.27. The molecular formula is C10H20N2S. The molecule has 76 valence electrons. The molecule has 2 unspecified atom stereocenters. The van der Waals surface area contributed by atoms with Crippen molar-refractivity contribution in [3.05, 3.63) is 0 Å². The molecule has 1 saturated carbocycles. The molecule has 2 N–H and O–H groups in total. The number of hydrogen-bond acceptors (Lipinski definition) is 3. The first kappa shape index (κ1) is 9.81. The van der Waals surface area contributed by atoms with Gasteiger partial charge in [-0.1, -0.05) is 12.8 Å². The van der Waals surface area contributed by atoms with Crippen LogP contribution in [-0.4, -0.2) is 24.5 Å². The standard InChI is InChI=1S/C10H20N2S/c13-6-5-9-7-11-10(12-9)8-3-1-2-4-8/h8-13H,1-7H2. The highest BCUT2D eigenvalue weighted by molar-refractivity contribution is 7.80. The van der Waals surface area contributed by atoms with E-state index in [1.54, 1.807) is 0 Å². The second-order valence-corrected chi connectivity index (χ2v) is 4.75. The fraction of sp³-hybridized carbons (Fsp3) is 1.00. The van der Waals surface area contributed by atoms with Crippen molar-refractivity contribution < 1.29 is 0 Å². The lowest BCUT2D eigenvalue weighted by Crippen LogP contribution is -2.39. The number of rotatable bonds is 3.